The fourth-order valence-electron chi connectivity index (χ4n) is 0. The van der Waals surface area contributed by atoms with E-state index < -0.39 is 0 Å². The molecule has 0 radical (unpaired) electrons. The van der Waals surface area contributed by atoms with Gasteiger partial charge in [0.15, 0.2) is 0 Å². The summed E-state index contributed by atoms with van der Waals surface area (Å²) in [6.07, 6.45) is 0. The maximum atomic E-state index is 8.24. The molecular formula is CH3NNiO2. The average Bonchev–Trinajstić information content (AvgIpc) is 0.918. The minimum absolute atomic E-state index is 0. The first-order valence-electron chi connectivity index (χ1n) is 0.428. The van der Waals surface area contributed by atoms with Gasteiger partial charge in [-0.25, -0.2) is 0 Å². The van der Waals surface area contributed by atoms with E-state index in [1.807, 2.05) is 0 Å². The molecule has 3 N–H and O–H groups in total. The molecule has 0 saturated carbocycles. The summed E-state index contributed by atoms with van der Waals surface area (Å²) in [6.45, 7) is 0.500. The quantitative estimate of drug-likeness (QED) is 0.369. The smallest absolute Gasteiger partial charge is 0.693 e. The van der Waals surface area contributed by atoms with Crippen molar-refractivity contribution in [2.75, 3.05) is 0 Å². The third-order valence-electron chi connectivity index (χ3n) is 0. The van der Waals surface area contributed by atoms with Gasteiger partial charge in [0.05, 0.1) is 0 Å². The molecule has 0 unspecified atom stereocenters. The molecule has 0 amide bonds. The molecule has 0 aromatic rings. The summed E-state index contributed by atoms with van der Waals surface area (Å²) in [5.74, 6) is 0. The van der Waals surface area contributed by atoms with E-state index in [1.54, 1.807) is 0 Å². The van der Waals surface area contributed by atoms with Crippen LogP contribution < -0.4 is 0 Å². The van der Waals surface area contributed by atoms with Crippen LogP contribution in [0.5, 0.6) is 0 Å². The third kappa shape index (κ3) is 2480. The predicted molar refractivity (Wildman–Crippen MR) is 13.6 cm³/mol. The number of hydrogen-bond acceptors (Lipinski definition) is 1. The molecule has 0 aromatic heterocycles. The van der Waals surface area contributed by atoms with Crippen LogP contribution >= 0.6 is 0 Å². The Labute approximate surface area is 39.9 Å². The molecule has 0 bridgehead atoms. The minimum atomic E-state index is 0. The number of nitrogens with two attached hydrogens (primary N) is 1. The van der Waals surface area contributed by atoms with Crippen molar-refractivity contribution in [1.29, 1.82) is 0 Å². The van der Waals surface area contributed by atoms with Crippen LogP contribution in [0.25, 0.3) is 6.15 Å². The van der Waals surface area contributed by atoms with Crippen LogP contribution in [-0.2, 0) is 21.3 Å². The van der Waals surface area contributed by atoms with Crippen molar-refractivity contribution in [3.63, 3.8) is 0 Å². The fraction of sp³-hybridized carbons (Fsp3) is 0. The summed E-state index contributed by atoms with van der Waals surface area (Å²) in [5, 5.41) is 6.76. The van der Waals surface area contributed by atoms with Gasteiger partial charge in [-0.2, -0.15) is 0 Å². The van der Waals surface area contributed by atoms with Crippen molar-refractivity contribution in [3.8, 4) is 0 Å². The molecule has 0 spiro atoms. The first kappa shape index (κ1) is 20.5. The van der Waals surface area contributed by atoms with Gasteiger partial charge in [-0.05, 0) is 0 Å². The first-order valence-corrected chi connectivity index (χ1v) is 0.428. The van der Waals surface area contributed by atoms with Gasteiger partial charge in [0.25, 0.3) is 0 Å². The topological polar surface area (TPSA) is 70.8 Å². The van der Waals surface area contributed by atoms with Crippen LogP contribution in [0.3, 0.4) is 0 Å². The van der Waals surface area contributed by atoms with E-state index in [0.29, 0.717) is 6.47 Å². The van der Waals surface area contributed by atoms with Gasteiger partial charge in [-0.1, -0.05) is 6.47 Å². The second-order valence-corrected chi connectivity index (χ2v) is 0.0913. The van der Waals surface area contributed by atoms with Gasteiger partial charge < -0.3 is 16.1 Å². The second-order valence-electron chi connectivity index (χ2n) is 0.0913. The molecule has 3 nitrogen and oxygen atoms in total. The molecule has 0 saturated heterocycles. The van der Waals surface area contributed by atoms with Crippen molar-refractivity contribution in [2.24, 2.45) is 0 Å². The molecule has 4 heteroatoms. The van der Waals surface area contributed by atoms with Gasteiger partial charge in [-0.15, -0.1) is 0 Å². The standard InChI is InChI=1S/CHO2.H2N.Ni/c2-1-3;;/h(H,2,3);1H2;/q2*-1;+2. The predicted octanol–water partition coefficient (Wildman–Crippen LogP) is 0.326. The van der Waals surface area contributed by atoms with E-state index in [0.717, 1.165) is 0 Å². The van der Waals surface area contributed by atoms with Gasteiger partial charge in [0, 0.05) is 0 Å². The summed E-state index contributed by atoms with van der Waals surface area (Å²) in [4.78, 5) is 8.24. The van der Waals surface area contributed by atoms with Crippen molar-refractivity contribution in [1.82, 2.24) is 0 Å². The first-order chi connectivity index (χ1) is 1.41. The van der Waals surface area contributed by atoms with Crippen LogP contribution in [0.15, 0.2) is 0 Å². The Morgan fingerprint density at radius 2 is 1.60 bits per heavy atom. The molecule has 5 heavy (non-hydrogen) atoms. The minimum Gasteiger partial charge on any atom is -0.693 e. The van der Waals surface area contributed by atoms with Crippen molar-refractivity contribution in [2.45, 2.75) is 0 Å². The number of rotatable bonds is 0. The van der Waals surface area contributed by atoms with Crippen LogP contribution in [0.2, 0.25) is 0 Å². The van der Waals surface area contributed by atoms with E-state index in [4.69, 9.17) is 9.90 Å². The van der Waals surface area contributed by atoms with Crippen LogP contribution in [-0.4, -0.2) is 11.6 Å². The van der Waals surface area contributed by atoms with E-state index in [-0.39, 0.29) is 22.6 Å². The Bertz CT molecular complexity index is 17.1. The molecule has 34 valence electrons. The summed E-state index contributed by atoms with van der Waals surface area (Å²) >= 11 is 0. The van der Waals surface area contributed by atoms with Crippen LogP contribution in [0.1, 0.15) is 0 Å². The van der Waals surface area contributed by atoms with Gasteiger partial charge in [0.1, 0.15) is 0 Å². The van der Waals surface area contributed by atoms with Gasteiger partial charge in [0.2, 0.25) is 0 Å². The van der Waals surface area contributed by atoms with Crippen LogP contribution in [0.4, 0.5) is 0 Å². The summed E-state index contributed by atoms with van der Waals surface area (Å²) in [6, 6.07) is 0. The van der Waals surface area contributed by atoms with Crippen LogP contribution in [0, 0.1) is 0 Å². The molecule has 0 heterocycles. The Hall–Kier alpha value is -0.0765. The van der Waals surface area contributed by atoms with E-state index in [2.05, 4.69) is 0 Å². The monoisotopic (exact) mass is 119 g/mol. The Balaban J connectivity index is -0.0000000200. The zero-order valence-corrected chi connectivity index (χ0v) is 3.24. The molecule has 0 fully saturated rings. The van der Waals surface area contributed by atoms with E-state index in [9.17, 15) is 0 Å². The van der Waals surface area contributed by atoms with Crippen molar-refractivity contribution >= 4 is 6.47 Å². The van der Waals surface area contributed by atoms with E-state index in [1.165, 1.54) is 0 Å². The summed E-state index contributed by atoms with van der Waals surface area (Å²) < 4.78 is 0. The zero-order valence-electron chi connectivity index (χ0n) is 2.25. The Morgan fingerprint density at radius 3 is 1.60 bits per heavy atom. The Morgan fingerprint density at radius 1 is 1.60 bits per heavy atom. The number of aliphatic hydroxyl groups excluding tert-OH is 1. The fourth-order valence-corrected chi connectivity index (χ4v) is 0. The Kier molecular flexibility index (Phi) is 161. The molecule has 0 atom stereocenters. The number of hydrogen-bond donors (Lipinski definition) is 1. The van der Waals surface area contributed by atoms with Gasteiger partial charge in [-0.3, -0.25) is 0 Å². The molecular weight excluding hydrogens is 117 g/mol. The summed E-state index contributed by atoms with van der Waals surface area (Å²) in [7, 11) is 0. The molecule has 0 rings (SSSR count). The molecule has 0 aliphatic carbocycles. The van der Waals surface area contributed by atoms with Crippen molar-refractivity contribution < 1.29 is 26.4 Å². The molecule has 0 aliphatic rings. The maximum Gasteiger partial charge on any atom is 2.00 e. The molecule has 0 aliphatic heterocycles. The largest absolute Gasteiger partial charge is 2.00 e. The van der Waals surface area contributed by atoms with Crippen molar-refractivity contribution in [3.05, 3.63) is 6.15 Å². The summed E-state index contributed by atoms with van der Waals surface area (Å²) in [5.41, 5.74) is 0. The average molecular weight is 120 g/mol. The third-order valence-corrected chi connectivity index (χ3v) is 0. The molecule has 0 aromatic carbocycles. The maximum absolute atomic E-state index is 8.24. The van der Waals surface area contributed by atoms with Gasteiger partial charge >= 0.3 is 16.5 Å². The zero-order chi connectivity index (χ0) is 2.71. The normalized spacial score (nSPS) is 2.40. The second kappa shape index (κ2) is 39.3. The van der Waals surface area contributed by atoms with E-state index >= 15 is 0 Å². The SMILES string of the molecule is O=[C-]O.[NH2-].[Ni+2].